The fourth-order valence-corrected chi connectivity index (χ4v) is 2.78. The van der Waals surface area contributed by atoms with Crippen molar-refractivity contribution in [2.45, 2.75) is 12.8 Å². The number of piperazine rings is 1. The normalized spacial score (nSPS) is 19.0. The molecule has 1 aromatic heterocycles. The van der Waals surface area contributed by atoms with E-state index < -0.39 is 0 Å². The van der Waals surface area contributed by atoms with E-state index in [1.54, 1.807) is 11.0 Å². The van der Waals surface area contributed by atoms with Crippen molar-refractivity contribution in [1.82, 2.24) is 19.8 Å². The third-order valence-corrected chi connectivity index (χ3v) is 4.05. The molecule has 112 valence electrons. The van der Waals surface area contributed by atoms with Crippen LogP contribution in [0.5, 0.6) is 0 Å². The van der Waals surface area contributed by atoms with Gasteiger partial charge in [-0.1, -0.05) is 0 Å². The van der Waals surface area contributed by atoms with Gasteiger partial charge >= 0.3 is 0 Å². The maximum atomic E-state index is 12.3. The fraction of sp³-hybridized carbons (Fsp3) is 0.571. The lowest BCUT2D eigenvalue weighted by Crippen LogP contribution is -2.46. The molecular weight excluding hydrogens is 270 g/mol. The third kappa shape index (κ3) is 2.96. The van der Waals surface area contributed by atoms with Crippen LogP contribution in [0.3, 0.4) is 0 Å². The topological polar surface area (TPSA) is 69.6 Å². The fourth-order valence-electron chi connectivity index (χ4n) is 2.78. The summed E-state index contributed by atoms with van der Waals surface area (Å²) >= 11 is 0. The Morgan fingerprint density at radius 3 is 2.43 bits per heavy atom. The van der Waals surface area contributed by atoms with Crippen LogP contribution in [0.2, 0.25) is 0 Å². The minimum atomic E-state index is -0.0114. The predicted octanol–water partition coefficient (Wildman–Crippen LogP) is -0.00900. The van der Waals surface area contributed by atoms with Gasteiger partial charge in [0.2, 0.25) is 6.41 Å². The van der Waals surface area contributed by atoms with Crippen molar-refractivity contribution in [2.75, 3.05) is 44.2 Å². The zero-order valence-electron chi connectivity index (χ0n) is 11.9. The Bertz CT molecular complexity index is 522. The Balaban J connectivity index is 1.71. The Labute approximate surface area is 123 Å². The number of aromatic nitrogens is 2. The first-order valence-electron chi connectivity index (χ1n) is 7.33. The molecule has 0 radical (unpaired) electrons. The molecule has 0 unspecified atom stereocenters. The maximum absolute atomic E-state index is 12.3. The summed E-state index contributed by atoms with van der Waals surface area (Å²) in [6, 6.07) is 1.76. The van der Waals surface area contributed by atoms with Crippen LogP contribution in [0.25, 0.3) is 0 Å². The Morgan fingerprint density at radius 2 is 1.76 bits per heavy atom. The zero-order chi connectivity index (χ0) is 14.7. The van der Waals surface area contributed by atoms with Crippen molar-refractivity contribution in [3.63, 3.8) is 0 Å². The van der Waals surface area contributed by atoms with Crippen LogP contribution in [0.15, 0.2) is 12.4 Å². The highest BCUT2D eigenvalue weighted by Gasteiger charge is 2.22. The average molecular weight is 289 g/mol. The number of carbonyl (C=O) groups is 2. The quantitative estimate of drug-likeness (QED) is 0.732. The number of hydrogen-bond donors (Lipinski definition) is 0. The van der Waals surface area contributed by atoms with E-state index in [9.17, 15) is 9.59 Å². The highest BCUT2D eigenvalue weighted by molar-refractivity contribution is 5.93. The van der Waals surface area contributed by atoms with Crippen molar-refractivity contribution < 1.29 is 9.59 Å². The summed E-state index contributed by atoms with van der Waals surface area (Å²) < 4.78 is 0. The molecule has 2 saturated heterocycles. The number of hydrogen-bond acceptors (Lipinski definition) is 5. The van der Waals surface area contributed by atoms with Gasteiger partial charge in [-0.25, -0.2) is 9.97 Å². The Kier molecular flexibility index (Phi) is 3.98. The first-order chi connectivity index (χ1) is 10.3. The van der Waals surface area contributed by atoms with Gasteiger partial charge in [-0.15, -0.1) is 0 Å². The second-order valence-corrected chi connectivity index (χ2v) is 5.39. The minimum absolute atomic E-state index is 0.0114. The molecule has 21 heavy (non-hydrogen) atoms. The summed E-state index contributed by atoms with van der Waals surface area (Å²) in [5, 5.41) is 0. The van der Waals surface area contributed by atoms with Gasteiger partial charge < -0.3 is 14.7 Å². The molecule has 7 nitrogen and oxygen atoms in total. The summed E-state index contributed by atoms with van der Waals surface area (Å²) in [4.78, 5) is 37.1. The molecule has 2 aliphatic heterocycles. The number of nitrogens with zero attached hydrogens (tertiary/aromatic N) is 5. The number of anilines is 1. The maximum Gasteiger partial charge on any atom is 0.272 e. The lowest BCUT2D eigenvalue weighted by molar-refractivity contribution is -0.118. The molecule has 0 aromatic carbocycles. The van der Waals surface area contributed by atoms with Gasteiger partial charge in [0.25, 0.3) is 5.91 Å². The summed E-state index contributed by atoms with van der Waals surface area (Å²) in [5.74, 6) is 0.751. The lowest BCUT2D eigenvalue weighted by atomic mass is 10.3. The Morgan fingerprint density at radius 1 is 1.05 bits per heavy atom. The van der Waals surface area contributed by atoms with Crippen LogP contribution in [-0.2, 0) is 4.79 Å². The zero-order valence-corrected chi connectivity index (χ0v) is 11.9. The third-order valence-electron chi connectivity index (χ3n) is 4.05. The van der Waals surface area contributed by atoms with Crippen LogP contribution < -0.4 is 4.90 Å². The first-order valence-corrected chi connectivity index (χ1v) is 7.33. The number of carbonyl (C=O) groups excluding carboxylic acids is 2. The molecule has 2 amide bonds. The second kappa shape index (κ2) is 6.07. The molecule has 0 saturated carbocycles. The summed E-state index contributed by atoms with van der Waals surface area (Å²) in [6.45, 7) is 4.46. The van der Waals surface area contributed by atoms with Crippen molar-refractivity contribution in [1.29, 1.82) is 0 Å². The van der Waals surface area contributed by atoms with E-state index in [0.29, 0.717) is 18.8 Å². The molecule has 3 rings (SSSR count). The van der Waals surface area contributed by atoms with Gasteiger partial charge in [-0.05, 0) is 12.8 Å². The van der Waals surface area contributed by atoms with Crippen LogP contribution in [0.1, 0.15) is 23.3 Å². The molecule has 0 N–H and O–H groups in total. The van der Waals surface area contributed by atoms with E-state index in [4.69, 9.17) is 0 Å². The Hall–Kier alpha value is -2.18. The second-order valence-electron chi connectivity index (χ2n) is 5.39. The van der Waals surface area contributed by atoms with E-state index in [1.165, 1.54) is 6.33 Å². The number of amides is 2. The van der Waals surface area contributed by atoms with Crippen LogP contribution >= 0.6 is 0 Å². The van der Waals surface area contributed by atoms with E-state index in [-0.39, 0.29) is 5.91 Å². The van der Waals surface area contributed by atoms with Crippen molar-refractivity contribution in [2.24, 2.45) is 0 Å². The van der Waals surface area contributed by atoms with Gasteiger partial charge in [-0.2, -0.15) is 0 Å². The minimum Gasteiger partial charge on any atom is -0.353 e. The van der Waals surface area contributed by atoms with Gasteiger partial charge in [-0.3, -0.25) is 9.59 Å². The first kappa shape index (κ1) is 13.8. The van der Waals surface area contributed by atoms with E-state index >= 15 is 0 Å². The molecule has 1 aromatic rings. The van der Waals surface area contributed by atoms with Crippen LogP contribution in [0, 0.1) is 0 Å². The van der Waals surface area contributed by atoms with Gasteiger partial charge in [0.15, 0.2) is 0 Å². The number of likely N-dealkylation sites (tertiary alicyclic amines) is 1. The van der Waals surface area contributed by atoms with E-state index in [1.807, 2.05) is 4.90 Å². The molecule has 3 heterocycles. The van der Waals surface area contributed by atoms with Gasteiger partial charge in [0.1, 0.15) is 17.8 Å². The van der Waals surface area contributed by atoms with E-state index in [2.05, 4.69) is 14.9 Å². The molecule has 2 fully saturated rings. The van der Waals surface area contributed by atoms with E-state index in [0.717, 1.165) is 51.2 Å². The highest BCUT2D eigenvalue weighted by atomic mass is 16.2. The van der Waals surface area contributed by atoms with Gasteiger partial charge in [0.05, 0.1) is 0 Å². The summed E-state index contributed by atoms with van der Waals surface area (Å²) in [5.41, 5.74) is 0.458. The van der Waals surface area contributed by atoms with Crippen molar-refractivity contribution in [3.05, 3.63) is 18.1 Å². The molecule has 0 aliphatic carbocycles. The average Bonchev–Trinajstić information content (AvgIpc) is 3.09. The molecule has 0 spiro atoms. The smallest absolute Gasteiger partial charge is 0.272 e. The van der Waals surface area contributed by atoms with Crippen LogP contribution in [0.4, 0.5) is 5.82 Å². The highest BCUT2D eigenvalue weighted by Crippen LogP contribution is 2.16. The molecule has 7 heteroatoms. The molecule has 0 atom stereocenters. The van der Waals surface area contributed by atoms with Crippen molar-refractivity contribution >= 4 is 18.1 Å². The van der Waals surface area contributed by atoms with Crippen LogP contribution in [-0.4, -0.2) is 71.4 Å². The predicted molar refractivity (Wildman–Crippen MR) is 77.0 cm³/mol. The SMILES string of the molecule is O=CN1CCN(c2cc(C(=O)N3CCCC3)ncn2)CC1. The van der Waals surface area contributed by atoms with Crippen molar-refractivity contribution in [3.8, 4) is 0 Å². The molecule has 2 aliphatic rings. The largest absolute Gasteiger partial charge is 0.353 e. The standard InChI is InChI=1S/C14H19N5O2/c20-11-17-5-7-18(8-6-17)13-9-12(15-10-16-13)14(21)19-3-1-2-4-19/h9-11H,1-8H2. The monoisotopic (exact) mass is 289 g/mol. The molecule has 0 bridgehead atoms. The molecular formula is C14H19N5O2. The number of rotatable bonds is 3. The van der Waals surface area contributed by atoms with Gasteiger partial charge in [0, 0.05) is 45.3 Å². The summed E-state index contributed by atoms with van der Waals surface area (Å²) in [7, 11) is 0. The summed E-state index contributed by atoms with van der Waals surface area (Å²) in [6.07, 6.45) is 4.46. The lowest BCUT2D eigenvalue weighted by Gasteiger charge is -2.33.